The van der Waals surface area contributed by atoms with Gasteiger partial charge in [0.15, 0.2) is 5.15 Å². The highest BCUT2D eigenvalue weighted by Crippen LogP contribution is 2.30. The summed E-state index contributed by atoms with van der Waals surface area (Å²) in [7, 11) is 0. The minimum absolute atomic E-state index is 0.0470. The number of benzene rings is 1. The molecule has 0 radical (unpaired) electrons. The van der Waals surface area contributed by atoms with Gasteiger partial charge in [-0.3, -0.25) is 0 Å². The number of carboxylic acid groups (broad SMARTS) is 1. The van der Waals surface area contributed by atoms with Crippen molar-refractivity contribution >= 4 is 28.7 Å². The zero-order valence-corrected chi connectivity index (χ0v) is 10.1. The first-order chi connectivity index (χ1) is 8.65. The van der Waals surface area contributed by atoms with Crippen LogP contribution in [0.3, 0.4) is 0 Å². The van der Waals surface area contributed by atoms with Crippen molar-refractivity contribution in [2.45, 2.75) is 5.92 Å². The van der Waals surface area contributed by atoms with E-state index in [2.05, 4.69) is 9.97 Å². The molecule has 0 atom stereocenters. The molecule has 2 heterocycles. The van der Waals surface area contributed by atoms with E-state index in [1.807, 2.05) is 24.3 Å². The summed E-state index contributed by atoms with van der Waals surface area (Å²) < 4.78 is 0. The van der Waals surface area contributed by atoms with Gasteiger partial charge in [-0.15, -0.1) is 0 Å². The lowest BCUT2D eigenvalue weighted by Gasteiger charge is -2.36. The maximum atomic E-state index is 10.7. The van der Waals surface area contributed by atoms with Gasteiger partial charge in [-0.1, -0.05) is 23.7 Å². The molecule has 0 bridgehead atoms. The summed E-state index contributed by atoms with van der Waals surface area (Å²) in [6.07, 6.45) is -0.906. The van der Waals surface area contributed by atoms with Gasteiger partial charge in [0, 0.05) is 19.0 Å². The SMILES string of the molecule is O=C(O)N1CC(c2nc3ccccc3nc2Cl)C1. The molecule has 0 spiro atoms. The van der Waals surface area contributed by atoms with E-state index < -0.39 is 6.09 Å². The van der Waals surface area contributed by atoms with E-state index in [0.29, 0.717) is 23.9 Å². The number of fused-ring (bicyclic) bond motifs is 1. The van der Waals surface area contributed by atoms with Gasteiger partial charge in [-0.2, -0.15) is 0 Å². The Bertz CT molecular complexity index is 626. The van der Waals surface area contributed by atoms with Gasteiger partial charge in [-0.25, -0.2) is 14.8 Å². The Morgan fingerprint density at radius 2 is 1.89 bits per heavy atom. The van der Waals surface area contributed by atoms with E-state index >= 15 is 0 Å². The van der Waals surface area contributed by atoms with Crippen LogP contribution in [0.25, 0.3) is 11.0 Å². The summed E-state index contributed by atoms with van der Waals surface area (Å²) in [5.41, 5.74) is 2.22. The number of para-hydroxylation sites is 2. The van der Waals surface area contributed by atoms with Crippen LogP contribution in [0.15, 0.2) is 24.3 Å². The average Bonchev–Trinajstić information content (AvgIpc) is 2.27. The molecule has 1 N–H and O–H groups in total. The van der Waals surface area contributed by atoms with E-state index in [1.54, 1.807) is 0 Å². The summed E-state index contributed by atoms with van der Waals surface area (Å²) in [4.78, 5) is 20.8. The first-order valence-electron chi connectivity index (χ1n) is 5.55. The molecule has 1 aliphatic rings. The summed E-state index contributed by atoms with van der Waals surface area (Å²) in [6, 6.07) is 7.49. The molecular formula is C12H10ClN3O2. The first kappa shape index (κ1) is 11.2. The second-order valence-electron chi connectivity index (χ2n) is 4.27. The number of hydrogen-bond donors (Lipinski definition) is 1. The highest BCUT2D eigenvalue weighted by molar-refractivity contribution is 6.30. The summed E-state index contributed by atoms with van der Waals surface area (Å²) in [5.74, 6) is 0.0470. The number of nitrogens with zero attached hydrogens (tertiary/aromatic N) is 3. The van der Waals surface area contributed by atoms with Crippen molar-refractivity contribution in [2.75, 3.05) is 13.1 Å². The Labute approximate surface area is 108 Å². The van der Waals surface area contributed by atoms with Crippen LogP contribution < -0.4 is 0 Å². The normalized spacial score (nSPS) is 15.7. The van der Waals surface area contributed by atoms with Crippen molar-refractivity contribution in [2.24, 2.45) is 0 Å². The van der Waals surface area contributed by atoms with Gasteiger partial charge < -0.3 is 10.0 Å². The number of carbonyl (C=O) groups is 1. The minimum Gasteiger partial charge on any atom is -0.465 e. The molecule has 2 aromatic rings. The highest BCUT2D eigenvalue weighted by atomic mass is 35.5. The third-order valence-corrected chi connectivity index (χ3v) is 3.37. The van der Waals surface area contributed by atoms with Crippen molar-refractivity contribution in [1.82, 2.24) is 14.9 Å². The van der Waals surface area contributed by atoms with Crippen LogP contribution in [0.4, 0.5) is 4.79 Å². The fraction of sp³-hybridized carbons (Fsp3) is 0.250. The standard InChI is InChI=1S/C12H10ClN3O2/c13-11-10(7-5-16(6-7)12(17)18)14-8-3-1-2-4-9(8)15-11/h1-4,7H,5-6H2,(H,17,18). The monoisotopic (exact) mass is 263 g/mol. The molecule has 92 valence electrons. The Morgan fingerprint density at radius 3 is 2.50 bits per heavy atom. The number of halogens is 1. The molecule has 1 amide bonds. The van der Waals surface area contributed by atoms with Crippen molar-refractivity contribution in [3.63, 3.8) is 0 Å². The highest BCUT2D eigenvalue weighted by Gasteiger charge is 2.34. The van der Waals surface area contributed by atoms with Crippen LogP contribution in [0.5, 0.6) is 0 Å². The maximum absolute atomic E-state index is 10.7. The van der Waals surface area contributed by atoms with Gasteiger partial charge >= 0.3 is 6.09 Å². The molecule has 1 aromatic heterocycles. The minimum atomic E-state index is -0.906. The van der Waals surface area contributed by atoms with E-state index in [4.69, 9.17) is 16.7 Å². The van der Waals surface area contributed by atoms with Gasteiger partial charge in [-0.05, 0) is 12.1 Å². The fourth-order valence-corrected chi connectivity index (χ4v) is 2.35. The molecule has 0 aliphatic carbocycles. The average molecular weight is 264 g/mol. The smallest absolute Gasteiger partial charge is 0.407 e. The number of rotatable bonds is 1. The van der Waals surface area contributed by atoms with Crippen molar-refractivity contribution in [1.29, 1.82) is 0 Å². The van der Waals surface area contributed by atoms with Gasteiger partial charge in [0.25, 0.3) is 0 Å². The second-order valence-corrected chi connectivity index (χ2v) is 4.63. The predicted molar refractivity (Wildman–Crippen MR) is 66.9 cm³/mol. The molecule has 1 aliphatic heterocycles. The molecular weight excluding hydrogens is 254 g/mol. The van der Waals surface area contributed by atoms with Crippen LogP contribution in [0, 0.1) is 0 Å². The predicted octanol–water partition coefficient (Wildman–Crippen LogP) is 2.36. The van der Waals surface area contributed by atoms with E-state index in [1.165, 1.54) is 4.90 Å². The number of aromatic nitrogens is 2. The summed E-state index contributed by atoms with van der Waals surface area (Å²) in [6.45, 7) is 0.865. The molecule has 1 fully saturated rings. The van der Waals surface area contributed by atoms with Crippen molar-refractivity contribution in [3.8, 4) is 0 Å². The third kappa shape index (κ3) is 1.76. The molecule has 1 aromatic carbocycles. The quantitative estimate of drug-likeness (QED) is 0.858. The molecule has 18 heavy (non-hydrogen) atoms. The number of hydrogen-bond acceptors (Lipinski definition) is 3. The second kappa shape index (κ2) is 4.10. The van der Waals surface area contributed by atoms with E-state index in [9.17, 15) is 4.79 Å². The zero-order chi connectivity index (χ0) is 12.7. The maximum Gasteiger partial charge on any atom is 0.407 e. The van der Waals surface area contributed by atoms with Crippen molar-refractivity contribution in [3.05, 3.63) is 35.1 Å². The number of likely N-dealkylation sites (tertiary alicyclic amines) is 1. The van der Waals surface area contributed by atoms with Crippen LogP contribution in [-0.2, 0) is 0 Å². The molecule has 1 saturated heterocycles. The lowest BCUT2D eigenvalue weighted by Crippen LogP contribution is -2.48. The third-order valence-electron chi connectivity index (χ3n) is 3.09. The Morgan fingerprint density at radius 1 is 1.28 bits per heavy atom. The van der Waals surface area contributed by atoms with Gasteiger partial charge in [0.2, 0.25) is 0 Å². The van der Waals surface area contributed by atoms with Gasteiger partial charge in [0.05, 0.1) is 16.7 Å². The lowest BCUT2D eigenvalue weighted by molar-refractivity contribution is 0.104. The fourth-order valence-electron chi connectivity index (χ4n) is 2.06. The molecule has 3 rings (SSSR count). The molecule has 0 unspecified atom stereocenters. The van der Waals surface area contributed by atoms with Crippen molar-refractivity contribution < 1.29 is 9.90 Å². The molecule has 5 nitrogen and oxygen atoms in total. The van der Waals surface area contributed by atoms with E-state index in [0.717, 1.165) is 11.0 Å². The Balaban J connectivity index is 1.93. The van der Waals surface area contributed by atoms with Crippen LogP contribution >= 0.6 is 11.6 Å². The van der Waals surface area contributed by atoms with Crippen LogP contribution in [0.2, 0.25) is 5.15 Å². The first-order valence-corrected chi connectivity index (χ1v) is 5.93. The topological polar surface area (TPSA) is 66.3 Å². The largest absolute Gasteiger partial charge is 0.465 e. The summed E-state index contributed by atoms with van der Waals surface area (Å²) in [5, 5.41) is 9.16. The Kier molecular flexibility index (Phi) is 2.56. The van der Waals surface area contributed by atoms with Crippen LogP contribution in [0.1, 0.15) is 11.6 Å². The zero-order valence-electron chi connectivity index (χ0n) is 9.38. The van der Waals surface area contributed by atoms with Gasteiger partial charge in [0.1, 0.15) is 0 Å². The van der Waals surface area contributed by atoms with Crippen LogP contribution in [-0.4, -0.2) is 39.2 Å². The molecule has 0 saturated carbocycles. The molecule has 6 heteroatoms. The van der Waals surface area contributed by atoms with E-state index in [-0.39, 0.29) is 5.92 Å². The Hall–Kier alpha value is -1.88. The summed E-state index contributed by atoms with van der Waals surface area (Å²) >= 11 is 6.10. The number of amides is 1. The lowest BCUT2D eigenvalue weighted by atomic mass is 9.97.